The number of carbonyl (C=O) groups is 2. The van der Waals surface area contributed by atoms with E-state index >= 15 is 0 Å². The van der Waals surface area contributed by atoms with E-state index in [1.807, 2.05) is 87.5 Å². The molecule has 5 nitrogen and oxygen atoms in total. The highest BCUT2D eigenvalue weighted by atomic mass is 35.5. The van der Waals surface area contributed by atoms with Gasteiger partial charge in [0.2, 0.25) is 0 Å². The van der Waals surface area contributed by atoms with Crippen molar-refractivity contribution in [2.24, 2.45) is 10.4 Å². The molecular weight excluding hydrogens is 616 g/mol. The molecule has 0 saturated heterocycles. The number of benzene rings is 4. The van der Waals surface area contributed by atoms with E-state index in [0.29, 0.717) is 22.8 Å². The number of alkyl halides is 1. The highest BCUT2D eigenvalue weighted by Gasteiger charge is 2.39. The maximum Gasteiger partial charge on any atom is 0.255 e. The minimum Gasteiger partial charge on any atom is -0.486 e. The lowest BCUT2D eigenvalue weighted by Crippen LogP contribution is -2.41. The van der Waals surface area contributed by atoms with Crippen molar-refractivity contribution >= 4 is 56.8 Å². The van der Waals surface area contributed by atoms with Gasteiger partial charge in [0.05, 0.1) is 22.8 Å². The van der Waals surface area contributed by atoms with Crippen molar-refractivity contribution in [2.45, 2.75) is 97.8 Å². The molecule has 0 bridgehead atoms. The summed E-state index contributed by atoms with van der Waals surface area (Å²) in [5.41, 5.74) is 5.11. The molecule has 0 aliphatic carbocycles. The van der Waals surface area contributed by atoms with Gasteiger partial charge in [0.15, 0.2) is 11.2 Å². The van der Waals surface area contributed by atoms with Crippen LogP contribution in [0.1, 0.15) is 91.8 Å². The smallest absolute Gasteiger partial charge is 0.255 e. The Hall–Kier alpha value is -3.96. The Kier molecular flexibility index (Phi) is 9.95. The quantitative estimate of drug-likeness (QED) is 0.159. The fraction of sp³-hybridized carbons (Fsp3) is 0.405. The van der Waals surface area contributed by atoms with Crippen molar-refractivity contribution in [3.8, 4) is 5.75 Å². The largest absolute Gasteiger partial charge is 0.486 e. The van der Waals surface area contributed by atoms with Gasteiger partial charge in [-0.15, -0.1) is 11.6 Å². The summed E-state index contributed by atoms with van der Waals surface area (Å²) in [7, 11) is 0. The summed E-state index contributed by atoms with van der Waals surface area (Å²) in [4.78, 5) is 34.7. The van der Waals surface area contributed by atoms with Crippen LogP contribution in [0, 0.1) is 5.41 Å². The standard InChI is InChI=1S/C42H49ClN2O3/c1-10-41(6,7)29-21-23-35(32(25-29)42(8,9)11-2)48-26-30(46)24-28-17-13-15-19-33(28)45-34-22-20-27-16-12-14-18-31(27)37(34)44-38(40(3,4)5)36(43)39(45)47/h12-23,25,36H,10-11,24,26H2,1-9H3. The first kappa shape index (κ1) is 35.3. The first-order valence-electron chi connectivity index (χ1n) is 17.1. The predicted octanol–water partition coefficient (Wildman–Crippen LogP) is 10.8. The van der Waals surface area contributed by atoms with Gasteiger partial charge in [0.1, 0.15) is 12.4 Å². The van der Waals surface area contributed by atoms with Gasteiger partial charge in [-0.25, -0.2) is 0 Å². The molecule has 1 aliphatic rings. The van der Waals surface area contributed by atoms with Crippen LogP contribution >= 0.6 is 11.6 Å². The van der Waals surface area contributed by atoms with Crippen molar-refractivity contribution in [3.05, 3.63) is 95.6 Å². The third-order valence-electron chi connectivity index (χ3n) is 10.1. The topological polar surface area (TPSA) is 59.0 Å². The molecule has 0 fully saturated rings. The van der Waals surface area contributed by atoms with E-state index in [1.165, 1.54) is 5.56 Å². The van der Waals surface area contributed by atoms with Crippen molar-refractivity contribution in [2.75, 3.05) is 11.5 Å². The highest BCUT2D eigenvalue weighted by molar-refractivity contribution is 6.46. The summed E-state index contributed by atoms with van der Waals surface area (Å²) >= 11 is 6.99. The lowest BCUT2D eigenvalue weighted by molar-refractivity contribution is -0.120. The lowest BCUT2D eigenvalue weighted by Gasteiger charge is -2.30. The first-order valence-corrected chi connectivity index (χ1v) is 17.5. The van der Waals surface area contributed by atoms with E-state index in [4.69, 9.17) is 21.3 Å². The van der Waals surface area contributed by atoms with Gasteiger partial charge >= 0.3 is 0 Å². The fourth-order valence-electron chi connectivity index (χ4n) is 6.16. The Morgan fingerprint density at radius 2 is 1.50 bits per heavy atom. The number of Topliss-reactive ketones (excluding diaryl/α,β-unsaturated/α-hetero) is 1. The van der Waals surface area contributed by atoms with E-state index in [1.54, 1.807) is 4.90 Å². The fourth-order valence-corrected chi connectivity index (χ4v) is 6.64. The van der Waals surface area contributed by atoms with Crippen LogP contribution < -0.4 is 9.64 Å². The van der Waals surface area contributed by atoms with Gasteiger partial charge in [-0.05, 0) is 58.4 Å². The third-order valence-corrected chi connectivity index (χ3v) is 10.5. The Labute approximate surface area is 291 Å². The second kappa shape index (κ2) is 13.5. The Bertz CT molecular complexity index is 1880. The molecule has 0 radical (unpaired) electrons. The number of halogens is 1. The molecule has 1 aliphatic heterocycles. The van der Waals surface area contributed by atoms with Crippen molar-refractivity contribution in [1.82, 2.24) is 0 Å². The van der Waals surface area contributed by atoms with Crippen LogP contribution in [0.4, 0.5) is 17.1 Å². The van der Waals surface area contributed by atoms with Gasteiger partial charge in [0.25, 0.3) is 5.91 Å². The van der Waals surface area contributed by atoms with E-state index in [9.17, 15) is 9.59 Å². The number of para-hydroxylation sites is 1. The molecule has 0 N–H and O–H groups in total. The molecule has 48 heavy (non-hydrogen) atoms. The van der Waals surface area contributed by atoms with Crippen LogP contribution in [0.2, 0.25) is 0 Å². The van der Waals surface area contributed by atoms with Crippen LogP contribution in [-0.2, 0) is 26.8 Å². The molecule has 0 aromatic heterocycles. The number of ether oxygens (including phenoxy) is 1. The first-order chi connectivity index (χ1) is 22.6. The zero-order valence-electron chi connectivity index (χ0n) is 29.9. The summed E-state index contributed by atoms with van der Waals surface area (Å²) in [6.07, 6.45) is 2.05. The predicted molar refractivity (Wildman–Crippen MR) is 201 cm³/mol. The van der Waals surface area contributed by atoms with Crippen LogP contribution in [0.3, 0.4) is 0 Å². The van der Waals surface area contributed by atoms with E-state index in [2.05, 4.69) is 53.7 Å². The SMILES string of the molecule is CCC(C)(C)c1ccc(OCC(=O)Cc2ccccc2N2C(=O)C(Cl)C(C(C)(C)C)=Nc3c2ccc2ccccc32)c(C(C)(C)CC)c1. The van der Waals surface area contributed by atoms with Gasteiger partial charge < -0.3 is 4.74 Å². The second-order valence-electron chi connectivity index (χ2n) is 15.3. The van der Waals surface area contributed by atoms with E-state index in [0.717, 1.165) is 40.5 Å². The molecule has 6 heteroatoms. The third kappa shape index (κ3) is 6.94. The molecular formula is C42H49ClN2O3. The highest BCUT2D eigenvalue weighted by Crippen LogP contribution is 2.45. The van der Waals surface area contributed by atoms with Crippen molar-refractivity contribution in [3.63, 3.8) is 0 Å². The number of anilines is 2. The Morgan fingerprint density at radius 1 is 0.833 bits per heavy atom. The Balaban J connectivity index is 1.49. The Morgan fingerprint density at radius 3 is 2.19 bits per heavy atom. The minimum atomic E-state index is -0.982. The minimum absolute atomic E-state index is 0.0348. The number of rotatable bonds is 10. The van der Waals surface area contributed by atoms with E-state index < -0.39 is 10.8 Å². The maximum atomic E-state index is 14.3. The molecule has 4 aromatic carbocycles. The molecule has 1 heterocycles. The van der Waals surface area contributed by atoms with Gasteiger partial charge in [0, 0.05) is 22.8 Å². The average molecular weight is 665 g/mol. The van der Waals surface area contributed by atoms with Crippen LogP contribution in [0.15, 0.2) is 83.9 Å². The molecule has 5 rings (SSSR count). The maximum absolute atomic E-state index is 14.3. The number of hydrogen-bond acceptors (Lipinski definition) is 4. The second-order valence-corrected chi connectivity index (χ2v) is 15.7. The lowest BCUT2D eigenvalue weighted by atomic mass is 9.76. The molecule has 1 amide bonds. The van der Waals surface area contributed by atoms with Crippen LogP contribution in [0.25, 0.3) is 10.8 Å². The number of aliphatic imine (C=N–C) groups is 1. The number of carbonyl (C=O) groups excluding carboxylic acids is 2. The van der Waals surface area contributed by atoms with Crippen molar-refractivity contribution < 1.29 is 14.3 Å². The zero-order chi connectivity index (χ0) is 35.0. The monoisotopic (exact) mass is 664 g/mol. The molecule has 0 saturated carbocycles. The van der Waals surface area contributed by atoms with Crippen LogP contribution in [0.5, 0.6) is 5.75 Å². The zero-order valence-corrected chi connectivity index (χ0v) is 30.7. The summed E-state index contributed by atoms with van der Waals surface area (Å²) in [5, 5.41) is 0.969. The molecule has 4 aromatic rings. The molecule has 0 spiro atoms. The number of ketones is 1. The van der Waals surface area contributed by atoms with Crippen molar-refractivity contribution in [1.29, 1.82) is 0 Å². The molecule has 1 unspecified atom stereocenters. The molecule has 1 atom stereocenters. The van der Waals surface area contributed by atoms with Gasteiger partial charge in [-0.1, -0.05) is 123 Å². The summed E-state index contributed by atoms with van der Waals surface area (Å²) in [6, 6.07) is 25.9. The summed E-state index contributed by atoms with van der Waals surface area (Å²) in [5.74, 6) is 0.354. The number of amides is 1. The normalized spacial score (nSPS) is 15.6. The average Bonchev–Trinajstić information content (AvgIpc) is 3.17. The summed E-state index contributed by atoms with van der Waals surface area (Å²) in [6.45, 7) is 19.3. The molecule has 252 valence electrons. The van der Waals surface area contributed by atoms with Crippen LogP contribution in [-0.4, -0.2) is 29.4 Å². The number of nitrogens with zero attached hydrogens (tertiary/aromatic N) is 2. The number of fused-ring (bicyclic) bond motifs is 3. The van der Waals surface area contributed by atoms with Gasteiger partial charge in [-0.3, -0.25) is 19.5 Å². The summed E-state index contributed by atoms with van der Waals surface area (Å²) < 4.78 is 6.29. The van der Waals surface area contributed by atoms with E-state index in [-0.39, 0.29) is 35.5 Å². The number of hydrogen-bond donors (Lipinski definition) is 0. The van der Waals surface area contributed by atoms with Gasteiger partial charge in [-0.2, -0.15) is 0 Å².